The first-order valence-corrected chi connectivity index (χ1v) is 11.5. The molecule has 0 N–H and O–H groups in total. The van der Waals surface area contributed by atoms with Crippen LogP contribution in [-0.4, -0.2) is 27.1 Å². The van der Waals surface area contributed by atoms with E-state index in [1.54, 1.807) is 28.7 Å². The third-order valence-electron chi connectivity index (χ3n) is 5.30. The first kappa shape index (κ1) is 19.0. The maximum Gasteiger partial charge on any atom is 0.275 e. The van der Waals surface area contributed by atoms with Gasteiger partial charge in [0.1, 0.15) is 5.69 Å². The van der Waals surface area contributed by atoms with Crippen LogP contribution in [0.1, 0.15) is 37.4 Å². The third-order valence-corrected chi connectivity index (χ3v) is 7.22. The molecule has 7 heteroatoms. The zero-order valence-corrected chi connectivity index (χ0v) is 17.7. The number of rotatable bonds is 4. The van der Waals surface area contributed by atoms with Gasteiger partial charge in [0, 0.05) is 22.4 Å². The first-order chi connectivity index (χ1) is 14.7. The number of thiophene rings is 2. The van der Waals surface area contributed by atoms with Crippen LogP contribution in [0.3, 0.4) is 0 Å². The summed E-state index contributed by atoms with van der Waals surface area (Å²) in [5.74, 6) is -0.146. The number of aromatic nitrogens is 2. The van der Waals surface area contributed by atoms with Crippen molar-refractivity contribution >= 4 is 28.6 Å². The van der Waals surface area contributed by atoms with Gasteiger partial charge in [-0.15, -0.1) is 22.7 Å². The van der Waals surface area contributed by atoms with Crippen molar-refractivity contribution in [2.45, 2.75) is 19.0 Å². The van der Waals surface area contributed by atoms with E-state index in [1.165, 1.54) is 21.2 Å². The summed E-state index contributed by atoms with van der Waals surface area (Å²) in [4.78, 5) is 30.2. The monoisotopic (exact) mass is 433 g/mol. The maximum atomic E-state index is 13.5. The number of hydrogen-bond donors (Lipinski definition) is 0. The number of nitrogens with zero attached hydrogens (tertiary/aromatic N) is 3. The van der Waals surface area contributed by atoms with Gasteiger partial charge in [-0.3, -0.25) is 9.59 Å². The van der Waals surface area contributed by atoms with Crippen molar-refractivity contribution < 1.29 is 4.79 Å². The standard InChI is InChI=1S/C23H19N3O2S2/c27-21-9-8-18(24-26(21)15-16-5-2-1-3-6-16)23(28)25-12-10-19-17(11-14-30-19)22(25)20-7-4-13-29-20/h1-9,11,13-14,22H,10,12,15H2/t22-/m0/s1. The van der Waals surface area contributed by atoms with E-state index >= 15 is 0 Å². The van der Waals surface area contributed by atoms with Gasteiger partial charge in [0.15, 0.2) is 0 Å². The summed E-state index contributed by atoms with van der Waals surface area (Å²) in [5, 5.41) is 8.55. The number of fused-ring (bicyclic) bond motifs is 1. The van der Waals surface area contributed by atoms with Crippen LogP contribution in [0.2, 0.25) is 0 Å². The second kappa shape index (κ2) is 8.01. The van der Waals surface area contributed by atoms with E-state index in [0.717, 1.165) is 16.9 Å². The number of carbonyl (C=O) groups is 1. The first-order valence-electron chi connectivity index (χ1n) is 9.73. The van der Waals surface area contributed by atoms with Gasteiger partial charge in [-0.25, -0.2) is 4.68 Å². The summed E-state index contributed by atoms with van der Waals surface area (Å²) in [7, 11) is 0. The Morgan fingerprint density at radius 2 is 1.87 bits per heavy atom. The van der Waals surface area contributed by atoms with E-state index in [2.05, 4.69) is 22.6 Å². The predicted octanol–water partition coefficient (Wildman–Crippen LogP) is 4.20. The molecule has 1 aliphatic heterocycles. The Hall–Kier alpha value is -3.03. The van der Waals surface area contributed by atoms with Crippen LogP contribution in [-0.2, 0) is 13.0 Å². The van der Waals surface area contributed by atoms with Gasteiger partial charge in [0.2, 0.25) is 0 Å². The molecule has 0 saturated carbocycles. The van der Waals surface area contributed by atoms with E-state index < -0.39 is 0 Å². The minimum atomic E-state index is -0.219. The van der Waals surface area contributed by atoms with Crippen molar-refractivity contribution in [3.63, 3.8) is 0 Å². The van der Waals surface area contributed by atoms with Gasteiger partial charge in [-0.1, -0.05) is 36.4 Å². The number of carbonyl (C=O) groups excluding carboxylic acids is 1. The van der Waals surface area contributed by atoms with Gasteiger partial charge >= 0.3 is 0 Å². The lowest BCUT2D eigenvalue weighted by Crippen LogP contribution is -2.41. The lowest BCUT2D eigenvalue weighted by molar-refractivity contribution is 0.0690. The lowest BCUT2D eigenvalue weighted by Gasteiger charge is -2.35. The van der Waals surface area contributed by atoms with Crippen molar-refractivity contribution in [2.75, 3.05) is 6.54 Å². The van der Waals surface area contributed by atoms with Crippen molar-refractivity contribution in [3.8, 4) is 0 Å². The van der Waals surface area contributed by atoms with Gasteiger partial charge in [0.05, 0.1) is 12.6 Å². The predicted molar refractivity (Wildman–Crippen MR) is 119 cm³/mol. The molecule has 30 heavy (non-hydrogen) atoms. The highest BCUT2D eigenvalue weighted by molar-refractivity contribution is 7.10. The molecule has 4 heterocycles. The molecule has 0 spiro atoms. The Balaban J connectivity index is 1.49. The molecule has 5 nitrogen and oxygen atoms in total. The molecule has 1 amide bonds. The van der Waals surface area contributed by atoms with Crippen LogP contribution >= 0.6 is 22.7 Å². The molecule has 5 rings (SSSR count). The minimum absolute atomic E-state index is 0.108. The van der Waals surface area contributed by atoms with E-state index in [1.807, 2.05) is 46.7 Å². The molecule has 1 aliphatic rings. The average molecular weight is 434 g/mol. The van der Waals surface area contributed by atoms with Gasteiger partial charge in [-0.2, -0.15) is 5.10 Å². The second-order valence-corrected chi connectivity index (χ2v) is 9.15. The Kier molecular flexibility index (Phi) is 5.06. The highest BCUT2D eigenvalue weighted by Crippen LogP contribution is 2.39. The van der Waals surface area contributed by atoms with E-state index in [-0.39, 0.29) is 17.5 Å². The van der Waals surface area contributed by atoms with Crippen LogP contribution in [0.4, 0.5) is 0 Å². The van der Waals surface area contributed by atoms with Crippen LogP contribution in [0, 0.1) is 0 Å². The number of hydrogen-bond acceptors (Lipinski definition) is 5. The summed E-state index contributed by atoms with van der Waals surface area (Å²) < 4.78 is 1.36. The smallest absolute Gasteiger partial charge is 0.275 e. The third kappa shape index (κ3) is 3.51. The SMILES string of the molecule is O=C(c1ccc(=O)n(Cc2ccccc2)n1)N1CCc2sccc2[C@H]1c1cccs1. The molecule has 0 radical (unpaired) electrons. The molecule has 150 valence electrons. The summed E-state index contributed by atoms with van der Waals surface area (Å²) in [6, 6.07) is 18.7. The summed E-state index contributed by atoms with van der Waals surface area (Å²) in [6.07, 6.45) is 0.838. The fourth-order valence-corrected chi connectivity index (χ4v) is 5.63. The molecular formula is C23H19N3O2S2. The van der Waals surface area contributed by atoms with Crippen LogP contribution in [0.25, 0.3) is 0 Å². The van der Waals surface area contributed by atoms with Crippen molar-refractivity contribution in [1.29, 1.82) is 0 Å². The molecule has 1 atom stereocenters. The molecule has 4 aromatic rings. The highest BCUT2D eigenvalue weighted by atomic mass is 32.1. The molecule has 0 bridgehead atoms. The Morgan fingerprint density at radius 1 is 1.00 bits per heavy atom. The van der Waals surface area contributed by atoms with E-state index in [4.69, 9.17) is 0 Å². The molecule has 0 aliphatic carbocycles. The summed E-state index contributed by atoms with van der Waals surface area (Å²) in [6.45, 7) is 0.970. The maximum absolute atomic E-state index is 13.5. The van der Waals surface area contributed by atoms with Gasteiger partial charge in [-0.05, 0) is 46.5 Å². The van der Waals surface area contributed by atoms with Crippen molar-refractivity contribution in [2.24, 2.45) is 0 Å². The van der Waals surface area contributed by atoms with Gasteiger partial charge in [0.25, 0.3) is 11.5 Å². The largest absolute Gasteiger partial charge is 0.325 e. The molecule has 0 unspecified atom stereocenters. The molecule has 1 aromatic carbocycles. The Bertz CT molecular complexity index is 1230. The van der Waals surface area contributed by atoms with E-state index in [0.29, 0.717) is 18.8 Å². The van der Waals surface area contributed by atoms with Crippen LogP contribution < -0.4 is 5.56 Å². The zero-order valence-electron chi connectivity index (χ0n) is 16.1. The van der Waals surface area contributed by atoms with Crippen LogP contribution in [0.5, 0.6) is 0 Å². The summed E-state index contributed by atoms with van der Waals surface area (Å²) in [5.41, 5.74) is 2.24. The van der Waals surface area contributed by atoms with Crippen molar-refractivity contribution in [1.82, 2.24) is 14.7 Å². The van der Waals surface area contributed by atoms with E-state index in [9.17, 15) is 9.59 Å². The number of amides is 1. The fourth-order valence-electron chi connectivity index (χ4n) is 3.87. The highest BCUT2D eigenvalue weighted by Gasteiger charge is 2.34. The molecular weight excluding hydrogens is 414 g/mol. The zero-order chi connectivity index (χ0) is 20.5. The minimum Gasteiger partial charge on any atom is -0.325 e. The Morgan fingerprint density at radius 3 is 2.67 bits per heavy atom. The quantitative estimate of drug-likeness (QED) is 0.485. The molecule has 3 aromatic heterocycles. The molecule has 0 fully saturated rings. The lowest BCUT2D eigenvalue weighted by atomic mass is 9.98. The van der Waals surface area contributed by atoms with Gasteiger partial charge < -0.3 is 4.90 Å². The van der Waals surface area contributed by atoms with Crippen molar-refractivity contribution in [3.05, 3.63) is 108 Å². The molecule has 0 saturated heterocycles. The average Bonchev–Trinajstić information content (AvgIpc) is 3.47. The fraction of sp³-hybridized carbons (Fsp3) is 0.174. The van der Waals surface area contributed by atoms with Crippen LogP contribution in [0.15, 0.2) is 76.2 Å². The normalized spacial score (nSPS) is 15.7. The number of benzene rings is 1. The second-order valence-electron chi connectivity index (χ2n) is 7.17. The summed E-state index contributed by atoms with van der Waals surface area (Å²) >= 11 is 3.40. The Labute approximate surface area is 181 Å². The topological polar surface area (TPSA) is 55.2 Å².